The Morgan fingerprint density at radius 1 is 1.47 bits per heavy atom. The number of hydrogen-bond donors (Lipinski definition) is 1. The van der Waals surface area contributed by atoms with E-state index in [4.69, 9.17) is 0 Å². The predicted molar refractivity (Wildman–Crippen MR) is 59.5 cm³/mol. The zero-order valence-corrected chi connectivity index (χ0v) is 9.05. The zero-order valence-electron chi connectivity index (χ0n) is 8.23. The van der Waals surface area contributed by atoms with Gasteiger partial charge >= 0.3 is 0 Å². The highest BCUT2D eigenvalue weighted by molar-refractivity contribution is 7.17. The lowest BCUT2D eigenvalue weighted by Gasteiger charge is -2.18. The average Bonchev–Trinajstić information content (AvgIpc) is 2.61. The molecule has 0 bridgehead atoms. The maximum absolute atomic E-state index is 11.3. The van der Waals surface area contributed by atoms with Gasteiger partial charge in [-0.05, 0) is 18.6 Å². The van der Waals surface area contributed by atoms with Crippen LogP contribution in [0.25, 0.3) is 0 Å². The molecule has 2 rings (SSSR count). The quantitative estimate of drug-likeness (QED) is 0.759. The highest BCUT2D eigenvalue weighted by Crippen LogP contribution is 2.25. The highest BCUT2D eigenvalue weighted by Gasteiger charge is 2.16. The van der Waals surface area contributed by atoms with Crippen molar-refractivity contribution in [3.05, 3.63) is 17.0 Å². The molecule has 5 heteroatoms. The maximum atomic E-state index is 11.3. The topological polar surface area (TPSA) is 49.4 Å². The third-order valence-corrected chi connectivity index (χ3v) is 3.37. The molecule has 0 spiro atoms. The van der Waals surface area contributed by atoms with Gasteiger partial charge in [-0.2, -0.15) is 0 Å². The molecule has 0 saturated carbocycles. The van der Waals surface area contributed by atoms with E-state index >= 15 is 0 Å². The van der Waals surface area contributed by atoms with Crippen LogP contribution in [0.3, 0.4) is 0 Å². The molecule has 0 aliphatic carbocycles. The van der Waals surface area contributed by atoms with Gasteiger partial charge in [-0.1, -0.05) is 0 Å². The van der Waals surface area contributed by atoms with E-state index in [-0.39, 0.29) is 5.91 Å². The van der Waals surface area contributed by atoms with Crippen molar-refractivity contribution in [2.45, 2.75) is 6.42 Å². The van der Waals surface area contributed by atoms with Crippen molar-refractivity contribution >= 4 is 28.5 Å². The Morgan fingerprint density at radius 3 is 3.07 bits per heavy atom. The summed E-state index contributed by atoms with van der Waals surface area (Å²) in [5, 5.41) is 3.81. The Hall–Kier alpha value is -1.36. The molecule has 0 aromatic carbocycles. The number of nitrogens with zero attached hydrogens (tertiary/aromatic N) is 1. The van der Waals surface area contributed by atoms with Crippen LogP contribution >= 0.6 is 11.3 Å². The first kappa shape index (κ1) is 10.2. The monoisotopic (exact) mass is 224 g/mol. The van der Waals surface area contributed by atoms with Crippen molar-refractivity contribution in [1.29, 1.82) is 0 Å². The van der Waals surface area contributed by atoms with Crippen molar-refractivity contribution in [1.82, 2.24) is 5.32 Å². The molecule has 0 radical (unpaired) electrons. The van der Waals surface area contributed by atoms with Gasteiger partial charge < -0.3 is 10.2 Å². The van der Waals surface area contributed by atoms with Crippen molar-refractivity contribution < 1.29 is 9.59 Å². The van der Waals surface area contributed by atoms with Gasteiger partial charge in [0.15, 0.2) is 6.29 Å². The second-order valence-corrected chi connectivity index (χ2v) is 4.51. The summed E-state index contributed by atoms with van der Waals surface area (Å²) in [5.74, 6) is 0.0496. The molecular formula is C10H12N2O2S. The number of carbonyl (C=O) groups is 2. The van der Waals surface area contributed by atoms with E-state index in [2.05, 4.69) is 5.32 Å². The van der Waals surface area contributed by atoms with Crippen molar-refractivity contribution in [2.75, 3.05) is 24.5 Å². The Morgan fingerprint density at radius 2 is 2.33 bits per heavy atom. The lowest BCUT2D eigenvalue weighted by Crippen LogP contribution is -2.32. The van der Waals surface area contributed by atoms with Gasteiger partial charge in [0.1, 0.15) is 0 Å². The Labute approximate surface area is 91.9 Å². The van der Waals surface area contributed by atoms with E-state index in [1.54, 1.807) is 6.07 Å². The zero-order chi connectivity index (χ0) is 10.7. The van der Waals surface area contributed by atoms with Crippen LogP contribution in [0.15, 0.2) is 12.1 Å². The van der Waals surface area contributed by atoms with Crippen LogP contribution in [0.5, 0.6) is 0 Å². The van der Waals surface area contributed by atoms with Gasteiger partial charge in [0, 0.05) is 13.1 Å². The molecule has 0 atom stereocenters. The normalized spacial score (nSPS) is 17.1. The summed E-state index contributed by atoms with van der Waals surface area (Å²) < 4.78 is 0. The van der Waals surface area contributed by atoms with E-state index in [1.807, 2.05) is 11.0 Å². The molecular weight excluding hydrogens is 212 g/mol. The molecule has 2 heterocycles. The Balaban J connectivity index is 2.14. The minimum atomic E-state index is 0.0496. The van der Waals surface area contributed by atoms with Crippen molar-refractivity contribution in [2.24, 2.45) is 0 Å². The second-order valence-electron chi connectivity index (χ2n) is 3.42. The number of carbonyl (C=O) groups excluding carboxylic acids is 2. The summed E-state index contributed by atoms with van der Waals surface area (Å²) >= 11 is 1.43. The summed E-state index contributed by atoms with van der Waals surface area (Å²) in [6.45, 7) is 1.98. The standard InChI is InChI=1S/C10H12N2O2S/c13-7-8-2-3-10(15-8)12-5-1-4-11-9(14)6-12/h2-3,7H,1,4-6H2,(H,11,14). The molecule has 1 aromatic heterocycles. The molecule has 1 aromatic rings. The number of rotatable bonds is 2. The van der Waals surface area contributed by atoms with Crippen LogP contribution in [-0.4, -0.2) is 31.8 Å². The number of thiophene rings is 1. The second kappa shape index (κ2) is 4.44. The number of amides is 1. The smallest absolute Gasteiger partial charge is 0.239 e. The summed E-state index contributed by atoms with van der Waals surface area (Å²) in [4.78, 5) is 24.6. The summed E-state index contributed by atoms with van der Waals surface area (Å²) in [6.07, 6.45) is 1.78. The number of hydrogen-bond acceptors (Lipinski definition) is 4. The lowest BCUT2D eigenvalue weighted by atomic mass is 10.4. The van der Waals surface area contributed by atoms with Gasteiger partial charge in [-0.3, -0.25) is 9.59 Å². The average molecular weight is 224 g/mol. The lowest BCUT2D eigenvalue weighted by molar-refractivity contribution is -0.119. The van der Waals surface area contributed by atoms with E-state index < -0.39 is 0 Å². The third-order valence-electron chi connectivity index (χ3n) is 2.30. The molecule has 15 heavy (non-hydrogen) atoms. The van der Waals surface area contributed by atoms with Crippen LogP contribution in [0.4, 0.5) is 5.00 Å². The fraction of sp³-hybridized carbons (Fsp3) is 0.400. The Bertz CT molecular complexity index is 375. The van der Waals surface area contributed by atoms with Crippen LogP contribution in [0, 0.1) is 0 Å². The van der Waals surface area contributed by atoms with Crippen LogP contribution in [-0.2, 0) is 4.79 Å². The third kappa shape index (κ3) is 2.36. The van der Waals surface area contributed by atoms with E-state index in [1.165, 1.54) is 11.3 Å². The molecule has 4 nitrogen and oxygen atoms in total. The minimum absolute atomic E-state index is 0.0496. The highest BCUT2D eigenvalue weighted by atomic mass is 32.1. The largest absolute Gasteiger partial charge is 0.354 e. The molecule has 1 fully saturated rings. The molecule has 0 unspecified atom stereocenters. The van der Waals surface area contributed by atoms with Gasteiger partial charge in [-0.25, -0.2) is 0 Å². The molecule has 80 valence electrons. The van der Waals surface area contributed by atoms with Crippen molar-refractivity contribution in [3.63, 3.8) is 0 Å². The molecule has 1 saturated heterocycles. The van der Waals surface area contributed by atoms with Crippen LogP contribution < -0.4 is 10.2 Å². The summed E-state index contributed by atoms with van der Waals surface area (Å²) in [7, 11) is 0. The van der Waals surface area contributed by atoms with Gasteiger partial charge in [0.25, 0.3) is 0 Å². The molecule has 1 N–H and O–H groups in total. The van der Waals surface area contributed by atoms with Gasteiger partial charge in [0.2, 0.25) is 5.91 Å². The fourth-order valence-electron chi connectivity index (χ4n) is 1.57. The number of anilines is 1. The first-order chi connectivity index (χ1) is 7.29. The maximum Gasteiger partial charge on any atom is 0.239 e. The molecule has 1 amide bonds. The fourth-order valence-corrected chi connectivity index (χ4v) is 2.42. The molecule has 1 aliphatic heterocycles. The molecule has 1 aliphatic rings. The van der Waals surface area contributed by atoms with Crippen LogP contribution in [0.1, 0.15) is 16.1 Å². The first-order valence-corrected chi connectivity index (χ1v) is 5.68. The number of aldehydes is 1. The van der Waals surface area contributed by atoms with Crippen LogP contribution in [0.2, 0.25) is 0 Å². The van der Waals surface area contributed by atoms with E-state index in [0.29, 0.717) is 11.4 Å². The summed E-state index contributed by atoms with van der Waals surface area (Å²) in [6, 6.07) is 3.68. The minimum Gasteiger partial charge on any atom is -0.354 e. The first-order valence-electron chi connectivity index (χ1n) is 4.86. The SMILES string of the molecule is O=Cc1ccc(N2CCCNC(=O)C2)s1. The van der Waals surface area contributed by atoms with Gasteiger partial charge in [0.05, 0.1) is 16.4 Å². The van der Waals surface area contributed by atoms with E-state index in [9.17, 15) is 9.59 Å². The predicted octanol–water partition coefficient (Wildman–Crippen LogP) is 0.887. The van der Waals surface area contributed by atoms with E-state index in [0.717, 1.165) is 30.8 Å². The summed E-state index contributed by atoms with van der Waals surface area (Å²) in [5.41, 5.74) is 0. The van der Waals surface area contributed by atoms with Gasteiger partial charge in [-0.15, -0.1) is 11.3 Å². The van der Waals surface area contributed by atoms with Crippen molar-refractivity contribution in [3.8, 4) is 0 Å². The Kier molecular flexibility index (Phi) is 3.01. The number of nitrogens with one attached hydrogen (secondary N) is 1.